The van der Waals surface area contributed by atoms with Gasteiger partial charge in [0.05, 0.1) is 5.69 Å². The summed E-state index contributed by atoms with van der Waals surface area (Å²) in [5, 5.41) is 0. The molecule has 31 heavy (non-hydrogen) atoms. The van der Waals surface area contributed by atoms with E-state index in [9.17, 15) is 0 Å². The molecule has 1 heterocycles. The predicted molar refractivity (Wildman–Crippen MR) is 128 cm³/mol. The monoisotopic (exact) mass is 405 g/mol. The zero-order valence-electron chi connectivity index (χ0n) is 17.4. The second-order valence-electron chi connectivity index (χ2n) is 6.99. The zero-order chi connectivity index (χ0) is 21.5. The molecule has 0 fully saturated rings. The SMILES string of the molecule is C=N/C(=N\C)c1cccc(-c2ccc(-c3ccccc3OCc3ccccc3)nc2)c1. The summed E-state index contributed by atoms with van der Waals surface area (Å²) in [6.45, 7) is 4.11. The summed E-state index contributed by atoms with van der Waals surface area (Å²) in [5.41, 5.74) is 5.97. The van der Waals surface area contributed by atoms with Crippen molar-refractivity contribution in [1.82, 2.24) is 4.98 Å². The van der Waals surface area contributed by atoms with E-state index in [1.165, 1.54) is 0 Å². The summed E-state index contributed by atoms with van der Waals surface area (Å²) in [7, 11) is 1.71. The fourth-order valence-corrected chi connectivity index (χ4v) is 3.39. The fourth-order valence-electron chi connectivity index (χ4n) is 3.39. The van der Waals surface area contributed by atoms with E-state index >= 15 is 0 Å². The Balaban J connectivity index is 1.58. The third kappa shape index (κ3) is 4.75. The van der Waals surface area contributed by atoms with Crippen LogP contribution in [0.25, 0.3) is 22.4 Å². The molecule has 152 valence electrons. The lowest BCUT2D eigenvalue weighted by Crippen LogP contribution is -1.98. The minimum Gasteiger partial charge on any atom is -0.488 e. The van der Waals surface area contributed by atoms with E-state index in [1.54, 1.807) is 7.05 Å². The van der Waals surface area contributed by atoms with Gasteiger partial charge in [-0.1, -0.05) is 66.7 Å². The van der Waals surface area contributed by atoms with Crippen LogP contribution in [0, 0.1) is 0 Å². The van der Waals surface area contributed by atoms with Gasteiger partial charge in [0.25, 0.3) is 0 Å². The van der Waals surface area contributed by atoms with E-state index in [2.05, 4.69) is 34.9 Å². The highest BCUT2D eigenvalue weighted by Crippen LogP contribution is 2.30. The number of amidine groups is 1. The number of hydrogen-bond acceptors (Lipinski definition) is 3. The van der Waals surface area contributed by atoms with Gasteiger partial charge in [-0.05, 0) is 42.1 Å². The van der Waals surface area contributed by atoms with Gasteiger partial charge < -0.3 is 4.74 Å². The first kappa shape index (κ1) is 20.2. The molecule has 0 unspecified atom stereocenters. The standard InChI is InChI=1S/C27H23N3O/c1-28-27(29-2)22-12-8-11-21(17-22)23-15-16-25(30-18-23)24-13-6-7-14-26(24)31-19-20-9-4-3-5-10-20/h3-18H,1,19H2,2H3/b29-27-. The Labute approximate surface area is 182 Å². The molecule has 1 aromatic heterocycles. The minimum atomic E-state index is 0.515. The van der Waals surface area contributed by atoms with Gasteiger partial charge in [0.15, 0.2) is 5.84 Å². The molecule has 0 radical (unpaired) electrons. The second kappa shape index (κ2) is 9.63. The average molecular weight is 406 g/mol. The maximum atomic E-state index is 6.09. The molecule has 0 saturated heterocycles. The summed E-state index contributed by atoms with van der Waals surface area (Å²) >= 11 is 0. The fraction of sp³-hybridized carbons (Fsp3) is 0.0741. The van der Waals surface area contributed by atoms with E-state index in [4.69, 9.17) is 9.72 Å². The lowest BCUT2D eigenvalue weighted by molar-refractivity contribution is 0.307. The molecule has 0 bridgehead atoms. The third-order valence-corrected chi connectivity index (χ3v) is 4.98. The Morgan fingerprint density at radius 1 is 0.871 bits per heavy atom. The van der Waals surface area contributed by atoms with Crippen molar-refractivity contribution in [3.63, 3.8) is 0 Å². The van der Waals surface area contributed by atoms with Crippen LogP contribution >= 0.6 is 0 Å². The van der Waals surface area contributed by atoms with Crippen molar-refractivity contribution in [3.05, 3.63) is 108 Å². The molecule has 0 spiro atoms. The van der Waals surface area contributed by atoms with Gasteiger partial charge in [-0.25, -0.2) is 4.99 Å². The summed E-state index contributed by atoms with van der Waals surface area (Å²) < 4.78 is 6.09. The molecule has 4 heteroatoms. The molecule has 4 aromatic rings. The minimum absolute atomic E-state index is 0.515. The van der Waals surface area contributed by atoms with Crippen LogP contribution in [0.5, 0.6) is 5.75 Å². The first-order chi connectivity index (χ1) is 15.3. The highest BCUT2D eigenvalue weighted by Gasteiger charge is 2.09. The highest BCUT2D eigenvalue weighted by atomic mass is 16.5. The number of ether oxygens (including phenoxy) is 1. The molecule has 0 aliphatic carbocycles. The van der Waals surface area contributed by atoms with Gasteiger partial charge in [-0.3, -0.25) is 9.98 Å². The molecule has 0 aliphatic rings. The van der Waals surface area contributed by atoms with E-state index in [0.29, 0.717) is 12.4 Å². The second-order valence-corrected chi connectivity index (χ2v) is 6.99. The number of para-hydroxylation sites is 1. The Morgan fingerprint density at radius 2 is 1.68 bits per heavy atom. The number of nitrogens with zero attached hydrogens (tertiary/aromatic N) is 3. The molecular formula is C27H23N3O. The molecule has 0 aliphatic heterocycles. The largest absolute Gasteiger partial charge is 0.488 e. The van der Waals surface area contributed by atoms with Crippen LogP contribution in [0.2, 0.25) is 0 Å². The molecule has 3 aromatic carbocycles. The molecule has 0 saturated carbocycles. The van der Waals surface area contributed by atoms with Crippen molar-refractivity contribution in [1.29, 1.82) is 0 Å². The van der Waals surface area contributed by atoms with Crippen LogP contribution < -0.4 is 4.74 Å². The summed E-state index contributed by atoms with van der Waals surface area (Å²) in [5.74, 6) is 1.44. The third-order valence-electron chi connectivity index (χ3n) is 4.98. The van der Waals surface area contributed by atoms with Crippen LogP contribution in [0.15, 0.2) is 107 Å². The van der Waals surface area contributed by atoms with E-state index in [-0.39, 0.29) is 0 Å². The number of rotatable bonds is 6. The summed E-state index contributed by atoms with van der Waals surface area (Å²) in [4.78, 5) is 12.9. The van der Waals surface area contributed by atoms with Crippen molar-refractivity contribution in [3.8, 4) is 28.1 Å². The first-order valence-corrected chi connectivity index (χ1v) is 10.0. The zero-order valence-corrected chi connectivity index (χ0v) is 17.4. The predicted octanol–water partition coefficient (Wildman–Crippen LogP) is 6.07. The van der Waals surface area contributed by atoms with Crippen molar-refractivity contribution in [2.45, 2.75) is 6.61 Å². The Bertz CT molecular complexity index is 1200. The summed E-state index contributed by atoms with van der Waals surface area (Å²) in [6, 6.07) is 30.3. The van der Waals surface area contributed by atoms with Crippen LogP contribution in [0.1, 0.15) is 11.1 Å². The lowest BCUT2D eigenvalue weighted by Gasteiger charge is -2.12. The van der Waals surface area contributed by atoms with E-state index in [0.717, 1.165) is 39.3 Å². The van der Waals surface area contributed by atoms with Crippen molar-refractivity contribution in [2.75, 3.05) is 7.05 Å². The van der Waals surface area contributed by atoms with Gasteiger partial charge in [0.2, 0.25) is 0 Å². The smallest absolute Gasteiger partial charge is 0.153 e. The molecular weight excluding hydrogens is 382 g/mol. The number of pyridine rings is 1. The maximum absolute atomic E-state index is 6.09. The Morgan fingerprint density at radius 3 is 2.42 bits per heavy atom. The molecule has 0 amide bonds. The van der Waals surface area contributed by atoms with Gasteiger partial charge in [-0.2, -0.15) is 0 Å². The van der Waals surface area contributed by atoms with Gasteiger partial charge >= 0.3 is 0 Å². The number of hydrogen-bond donors (Lipinski definition) is 0. The normalized spacial score (nSPS) is 11.2. The first-order valence-electron chi connectivity index (χ1n) is 10.0. The summed E-state index contributed by atoms with van der Waals surface area (Å²) in [6.07, 6.45) is 1.88. The van der Waals surface area contributed by atoms with Crippen molar-refractivity contribution >= 4 is 12.6 Å². The highest BCUT2D eigenvalue weighted by molar-refractivity contribution is 6.02. The van der Waals surface area contributed by atoms with Crippen molar-refractivity contribution < 1.29 is 4.74 Å². The Kier molecular flexibility index (Phi) is 6.29. The van der Waals surface area contributed by atoms with E-state index in [1.807, 2.05) is 79.0 Å². The molecule has 4 nitrogen and oxygen atoms in total. The number of aromatic nitrogens is 1. The molecule has 4 rings (SSSR count). The lowest BCUT2D eigenvalue weighted by atomic mass is 10.0. The topological polar surface area (TPSA) is 46.8 Å². The van der Waals surface area contributed by atoms with Crippen LogP contribution in [-0.4, -0.2) is 24.6 Å². The Hall–Kier alpha value is -4.05. The van der Waals surface area contributed by atoms with Gasteiger partial charge in [0.1, 0.15) is 12.4 Å². The quantitative estimate of drug-likeness (QED) is 0.289. The number of benzene rings is 3. The van der Waals surface area contributed by atoms with Gasteiger partial charge in [-0.15, -0.1) is 0 Å². The molecule has 0 N–H and O–H groups in total. The van der Waals surface area contributed by atoms with Crippen LogP contribution in [0.3, 0.4) is 0 Å². The van der Waals surface area contributed by atoms with Crippen LogP contribution in [0.4, 0.5) is 0 Å². The number of aliphatic imine (C=N–C) groups is 2. The molecule has 0 atom stereocenters. The maximum Gasteiger partial charge on any atom is 0.153 e. The van der Waals surface area contributed by atoms with E-state index < -0.39 is 0 Å². The van der Waals surface area contributed by atoms with Crippen LogP contribution in [-0.2, 0) is 6.61 Å². The van der Waals surface area contributed by atoms with Gasteiger partial charge in [0, 0.05) is 29.9 Å². The average Bonchev–Trinajstić information content (AvgIpc) is 2.85. The van der Waals surface area contributed by atoms with Crippen molar-refractivity contribution in [2.24, 2.45) is 9.98 Å².